The number of benzene rings is 2. The summed E-state index contributed by atoms with van der Waals surface area (Å²) in [6.07, 6.45) is 25.1. The molecular formula is C44H76N2O4. The Morgan fingerprint density at radius 2 is 0.800 bits per heavy atom. The van der Waals surface area contributed by atoms with E-state index in [1.54, 1.807) is 0 Å². The van der Waals surface area contributed by atoms with Crippen molar-refractivity contribution in [2.75, 3.05) is 42.7 Å². The molecule has 0 bridgehead atoms. The van der Waals surface area contributed by atoms with Gasteiger partial charge in [0.05, 0.1) is 29.4 Å². The number of rotatable bonds is 27. The van der Waals surface area contributed by atoms with Crippen molar-refractivity contribution >= 4 is 28.7 Å². The second-order valence-corrected chi connectivity index (χ2v) is 13.5. The van der Waals surface area contributed by atoms with Gasteiger partial charge in [0.1, 0.15) is 0 Å². The maximum absolute atomic E-state index is 11.6. The molecule has 0 aliphatic carbocycles. The summed E-state index contributed by atoms with van der Waals surface area (Å²) in [6.45, 7) is 11.4. The van der Waals surface area contributed by atoms with Crippen LogP contribution in [0.1, 0.15) is 169 Å². The predicted octanol–water partition coefficient (Wildman–Crippen LogP) is 12.4. The normalized spacial score (nSPS) is 11.6. The molecule has 6 heteroatoms. The minimum Gasteiger partial charge on any atom is -0.466 e. The Kier molecular flexibility index (Phi) is 29.4. The van der Waals surface area contributed by atoms with Crippen molar-refractivity contribution in [3.8, 4) is 0 Å². The van der Waals surface area contributed by atoms with Gasteiger partial charge in [-0.3, -0.25) is 4.79 Å². The number of para-hydroxylation sites is 4. The zero-order chi connectivity index (χ0) is 36.5. The molecule has 3 rings (SSSR count). The molecule has 1 aliphatic rings. The first-order valence-electron chi connectivity index (χ1n) is 20.8. The molecule has 1 heterocycles. The molecular weight excluding hydrogens is 620 g/mol. The molecule has 0 atom stereocenters. The number of hydrogen-bond donors (Lipinski definition) is 2. The van der Waals surface area contributed by atoms with Crippen LogP contribution < -0.4 is 9.80 Å². The van der Waals surface area contributed by atoms with Crippen molar-refractivity contribution in [2.24, 2.45) is 0 Å². The van der Waals surface area contributed by atoms with E-state index in [2.05, 4.69) is 72.2 Å². The summed E-state index contributed by atoms with van der Waals surface area (Å²) in [4.78, 5) is 16.7. The number of hydrogen-bond acceptors (Lipinski definition) is 6. The van der Waals surface area contributed by atoms with Crippen LogP contribution in [0.25, 0.3) is 0 Å². The van der Waals surface area contributed by atoms with E-state index in [9.17, 15) is 4.79 Å². The molecule has 0 unspecified atom stereocenters. The first kappa shape index (κ1) is 45.5. The maximum atomic E-state index is 11.6. The number of aliphatic hydroxyl groups excluding tert-OH is 2. The number of anilines is 4. The van der Waals surface area contributed by atoms with E-state index in [0.29, 0.717) is 32.5 Å². The Morgan fingerprint density at radius 3 is 1.16 bits per heavy atom. The molecule has 6 nitrogen and oxygen atoms in total. The molecule has 0 aromatic heterocycles. The highest BCUT2D eigenvalue weighted by molar-refractivity contribution is 5.93. The quantitative estimate of drug-likeness (QED) is 0.0715. The fourth-order valence-electron chi connectivity index (χ4n) is 6.45. The lowest BCUT2D eigenvalue weighted by Crippen LogP contribution is -2.30. The van der Waals surface area contributed by atoms with E-state index in [1.807, 2.05) is 13.8 Å². The lowest BCUT2D eigenvalue weighted by atomic mass is 10.0. The maximum Gasteiger partial charge on any atom is 0.305 e. The van der Waals surface area contributed by atoms with Crippen LogP contribution in [-0.2, 0) is 9.53 Å². The number of esters is 1. The van der Waals surface area contributed by atoms with Gasteiger partial charge in [-0.1, -0.05) is 148 Å². The smallest absolute Gasteiger partial charge is 0.305 e. The number of nitrogens with zero attached hydrogens (tertiary/aromatic N) is 2. The highest BCUT2D eigenvalue weighted by atomic mass is 16.5. The van der Waals surface area contributed by atoms with Gasteiger partial charge in [0.25, 0.3) is 0 Å². The molecule has 0 radical (unpaired) electrons. The van der Waals surface area contributed by atoms with Gasteiger partial charge in [-0.25, -0.2) is 0 Å². The predicted molar refractivity (Wildman–Crippen MR) is 216 cm³/mol. The van der Waals surface area contributed by atoms with Crippen molar-refractivity contribution < 1.29 is 19.7 Å². The van der Waals surface area contributed by atoms with Gasteiger partial charge in [0, 0.05) is 32.7 Å². The molecule has 2 aromatic carbocycles. The van der Waals surface area contributed by atoms with Crippen molar-refractivity contribution in [1.29, 1.82) is 0 Å². The molecule has 1 aliphatic heterocycles. The van der Waals surface area contributed by atoms with Gasteiger partial charge in [0.2, 0.25) is 0 Å². The van der Waals surface area contributed by atoms with Gasteiger partial charge in [-0.15, -0.1) is 0 Å². The topological polar surface area (TPSA) is 73.2 Å². The molecule has 2 aromatic rings. The number of aliphatic hydroxyl groups is 2. The lowest BCUT2D eigenvalue weighted by Gasteiger charge is -2.40. The standard InChI is InChI=1S/C39H62N2O4.C3H8.C2H6/c42-32-22-13-9-5-1-3-7-11-20-30-40-35-25-15-17-27-37(35)41(38-28-18-16-26-36(38)40)31-21-12-8-4-2-6-10-14-24-34-45-39(44)29-19-23-33-43;1-3-2;1-2/h15-18,25-28,42-43H,1-14,19-24,29-34H2;3H2,1-2H3;1-2H3. The molecule has 286 valence electrons. The van der Waals surface area contributed by atoms with Crippen LogP contribution in [-0.4, -0.2) is 49.1 Å². The number of carbonyl (C=O) groups excluding carboxylic acids is 1. The molecule has 2 N–H and O–H groups in total. The third kappa shape index (κ3) is 19.7. The number of carbonyl (C=O) groups is 1. The van der Waals surface area contributed by atoms with Gasteiger partial charge in [-0.2, -0.15) is 0 Å². The second kappa shape index (κ2) is 32.3. The highest BCUT2D eigenvalue weighted by Crippen LogP contribution is 2.47. The van der Waals surface area contributed by atoms with E-state index in [-0.39, 0.29) is 12.6 Å². The van der Waals surface area contributed by atoms with Crippen LogP contribution in [0.4, 0.5) is 22.7 Å². The summed E-state index contributed by atoms with van der Waals surface area (Å²) < 4.78 is 5.27. The van der Waals surface area contributed by atoms with Gasteiger partial charge < -0.3 is 24.7 Å². The fraction of sp³-hybridized carbons (Fsp3) is 0.705. The van der Waals surface area contributed by atoms with Crippen molar-refractivity contribution in [3.05, 3.63) is 48.5 Å². The Balaban J connectivity index is 0.00000237. The zero-order valence-corrected chi connectivity index (χ0v) is 32.8. The van der Waals surface area contributed by atoms with Gasteiger partial charge in [-0.05, 0) is 62.8 Å². The Labute approximate surface area is 308 Å². The molecule has 0 saturated heterocycles. The fourth-order valence-corrected chi connectivity index (χ4v) is 6.45. The summed E-state index contributed by atoms with van der Waals surface area (Å²) in [5.74, 6) is -0.128. The van der Waals surface area contributed by atoms with Gasteiger partial charge in [0.15, 0.2) is 0 Å². The third-order valence-corrected chi connectivity index (χ3v) is 9.04. The van der Waals surface area contributed by atoms with Crippen LogP contribution in [0, 0.1) is 0 Å². The largest absolute Gasteiger partial charge is 0.466 e. The second-order valence-electron chi connectivity index (χ2n) is 13.5. The van der Waals surface area contributed by atoms with E-state index in [1.165, 1.54) is 125 Å². The first-order chi connectivity index (χ1) is 24.7. The van der Waals surface area contributed by atoms with E-state index in [0.717, 1.165) is 32.4 Å². The van der Waals surface area contributed by atoms with Gasteiger partial charge >= 0.3 is 5.97 Å². The van der Waals surface area contributed by atoms with Crippen LogP contribution in [0.5, 0.6) is 0 Å². The van der Waals surface area contributed by atoms with Crippen molar-refractivity contribution in [2.45, 2.75) is 169 Å². The average molecular weight is 697 g/mol. The minimum atomic E-state index is -0.128. The number of unbranched alkanes of at least 4 members (excludes halogenated alkanes) is 17. The molecule has 50 heavy (non-hydrogen) atoms. The SMILES string of the molecule is CC.CCC.O=C(CCCCO)OCCCCCCCCCCCN1c2ccccc2N(CCCCCCCCCCCO)c2ccccc21. The summed E-state index contributed by atoms with van der Waals surface area (Å²) in [7, 11) is 0. The number of fused-ring (bicyclic) bond motifs is 2. The van der Waals surface area contributed by atoms with Crippen molar-refractivity contribution in [3.63, 3.8) is 0 Å². The van der Waals surface area contributed by atoms with Crippen LogP contribution in [0.3, 0.4) is 0 Å². The summed E-state index contributed by atoms with van der Waals surface area (Å²) in [5, 5.41) is 17.7. The minimum absolute atomic E-state index is 0.128. The lowest BCUT2D eigenvalue weighted by molar-refractivity contribution is -0.143. The highest BCUT2D eigenvalue weighted by Gasteiger charge is 2.27. The van der Waals surface area contributed by atoms with E-state index >= 15 is 0 Å². The number of ether oxygens (including phenoxy) is 1. The molecule has 0 amide bonds. The average Bonchev–Trinajstić information content (AvgIpc) is 3.14. The third-order valence-electron chi connectivity index (χ3n) is 9.04. The van der Waals surface area contributed by atoms with Crippen molar-refractivity contribution in [1.82, 2.24) is 0 Å². The Morgan fingerprint density at radius 1 is 0.500 bits per heavy atom. The molecule has 0 fully saturated rings. The Hall–Kier alpha value is -2.57. The molecule has 0 spiro atoms. The first-order valence-corrected chi connectivity index (χ1v) is 20.8. The zero-order valence-electron chi connectivity index (χ0n) is 32.8. The summed E-state index contributed by atoms with van der Waals surface area (Å²) in [5.41, 5.74) is 5.37. The Bertz CT molecular complexity index is 1010. The van der Waals surface area contributed by atoms with Crippen LogP contribution in [0.2, 0.25) is 0 Å². The van der Waals surface area contributed by atoms with Crippen LogP contribution >= 0.6 is 0 Å². The monoisotopic (exact) mass is 697 g/mol. The van der Waals surface area contributed by atoms with E-state index < -0.39 is 0 Å². The summed E-state index contributed by atoms with van der Waals surface area (Å²) in [6, 6.07) is 17.9. The molecule has 0 saturated carbocycles. The van der Waals surface area contributed by atoms with E-state index in [4.69, 9.17) is 14.9 Å². The summed E-state index contributed by atoms with van der Waals surface area (Å²) >= 11 is 0. The van der Waals surface area contributed by atoms with Crippen LogP contribution in [0.15, 0.2) is 48.5 Å².